The second-order valence-electron chi connectivity index (χ2n) is 8.96. The SMILES string of the molecule is COc1cc(C(=O)Nc2c(C#N)cnc3c2C=C2NC(=NCCN4CCOCC4)N=C2C3)cc(OC)c1OC. The average molecular weight is 532 g/mol. The Morgan fingerprint density at radius 1 is 1.21 bits per heavy atom. The minimum atomic E-state index is -0.443. The molecule has 1 aromatic carbocycles. The van der Waals surface area contributed by atoms with Gasteiger partial charge >= 0.3 is 0 Å². The van der Waals surface area contributed by atoms with E-state index in [2.05, 4.69) is 36.6 Å². The van der Waals surface area contributed by atoms with E-state index in [9.17, 15) is 10.1 Å². The fourth-order valence-electron chi connectivity index (χ4n) is 4.64. The van der Waals surface area contributed by atoms with E-state index < -0.39 is 5.91 Å². The van der Waals surface area contributed by atoms with Gasteiger partial charge in [-0.05, 0) is 18.2 Å². The summed E-state index contributed by atoms with van der Waals surface area (Å²) in [6.07, 6.45) is 3.75. The van der Waals surface area contributed by atoms with Crippen LogP contribution in [0.15, 0.2) is 34.0 Å². The summed E-state index contributed by atoms with van der Waals surface area (Å²) < 4.78 is 21.5. The number of ether oxygens (including phenoxy) is 4. The van der Waals surface area contributed by atoms with Gasteiger partial charge < -0.3 is 29.6 Å². The minimum Gasteiger partial charge on any atom is -0.493 e. The van der Waals surface area contributed by atoms with Gasteiger partial charge in [-0.25, -0.2) is 9.98 Å². The number of guanidine groups is 1. The van der Waals surface area contributed by atoms with Crippen LogP contribution in [0.3, 0.4) is 0 Å². The first-order valence-electron chi connectivity index (χ1n) is 12.5. The molecule has 39 heavy (non-hydrogen) atoms. The molecule has 0 bridgehead atoms. The number of nitriles is 1. The first-order valence-corrected chi connectivity index (χ1v) is 12.5. The lowest BCUT2D eigenvalue weighted by atomic mass is 9.95. The Bertz CT molecular complexity index is 1400. The predicted molar refractivity (Wildman–Crippen MR) is 145 cm³/mol. The number of hydrogen-bond acceptors (Lipinski definition) is 9. The Balaban J connectivity index is 1.39. The molecule has 2 aliphatic heterocycles. The molecule has 3 aliphatic rings. The summed E-state index contributed by atoms with van der Waals surface area (Å²) >= 11 is 0. The molecule has 0 atom stereocenters. The summed E-state index contributed by atoms with van der Waals surface area (Å²) in [7, 11) is 4.45. The molecular formula is C27H29N7O5. The number of fused-ring (bicyclic) bond motifs is 2. The van der Waals surface area contributed by atoms with Crippen LogP contribution in [0.5, 0.6) is 17.2 Å². The van der Waals surface area contributed by atoms with E-state index in [0.717, 1.165) is 44.3 Å². The largest absolute Gasteiger partial charge is 0.493 e. The number of anilines is 1. The van der Waals surface area contributed by atoms with Crippen molar-refractivity contribution in [2.45, 2.75) is 6.42 Å². The zero-order chi connectivity index (χ0) is 27.4. The molecule has 12 nitrogen and oxygen atoms in total. The number of nitrogens with zero attached hydrogens (tertiary/aromatic N) is 5. The van der Waals surface area contributed by atoms with Crippen LogP contribution in [0.2, 0.25) is 0 Å². The number of methoxy groups -OCH3 is 3. The van der Waals surface area contributed by atoms with Crippen molar-refractivity contribution in [3.8, 4) is 23.3 Å². The van der Waals surface area contributed by atoms with Gasteiger partial charge in [0.25, 0.3) is 5.91 Å². The van der Waals surface area contributed by atoms with Crippen molar-refractivity contribution < 1.29 is 23.7 Å². The van der Waals surface area contributed by atoms with Gasteiger partial charge in [0.15, 0.2) is 11.5 Å². The van der Waals surface area contributed by atoms with Crippen molar-refractivity contribution in [1.29, 1.82) is 5.26 Å². The van der Waals surface area contributed by atoms with Crippen LogP contribution >= 0.6 is 0 Å². The highest BCUT2D eigenvalue weighted by molar-refractivity contribution is 6.19. The number of rotatable bonds is 8. The van der Waals surface area contributed by atoms with Crippen LogP contribution < -0.4 is 24.8 Å². The number of carbonyl (C=O) groups is 1. The van der Waals surface area contributed by atoms with Crippen molar-refractivity contribution in [3.05, 3.63) is 46.4 Å². The molecule has 0 unspecified atom stereocenters. The first kappa shape index (κ1) is 26.1. The van der Waals surface area contributed by atoms with Crippen LogP contribution in [-0.4, -0.2) is 88.2 Å². The maximum Gasteiger partial charge on any atom is 0.255 e. The van der Waals surface area contributed by atoms with E-state index in [0.29, 0.717) is 53.1 Å². The standard InChI is InChI=1S/C27H29N7O5/c1-36-22-10-16(11-23(37-2)25(22)38-3)26(35)33-24-17(14-28)15-30-19-13-21-20(12-18(19)24)31-27(32-21)29-4-5-34-6-8-39-9-7-34/h10-12,15H,4-9,13H2,1-3H3,(H,29,31)(H,30,33,35). The van der Waals surface area contributed by atoms with Gasteiger partial charge in [-0.3, -0.25) is 14.7 Å². The molecule has 0 saturated carbocycles. The van der Waals surface area contributed by atoms with Crippen molar-refractivity contribution >= 4 is 29.3 Å². The highest BCUT2D eigenvalue weighted by Gasteiger charge is 2.28. The Labute approximate surface area is 225 Å². The first-order chi connectivity index (χ1) is 19.0. The number of morpholine rings is 1. The number of amides is 1. The fraction of sp³-hybridized carbons (Fsp3) is 0.370. The van der Waals surface area contributed by atoms with E-state index in [1.54, 1.807) is 12.1 Å². The number of carbonyl (C=O) groups excluding carboxylic acids is 1. The van der Waals surface area contributed by atoms with Gasteiger partial charge in [0.05, 0.1) is 69.4 Å². The van der Waals surface area contributed by atoms with Crippen LogP contribution in [0.4, 0.5) is 5.69 Å². The quantitative estimate of drug-likeness (QED) is 0.522. The summed E-state index contributed by atoms with van der Waals surface area (Å²) in [6, 6.07) is 5.24. The van der Waals surface area contributed by atoms with Crippen LogP contribution in [0.1, 0.15) is 27.2 Å². The van der Waals surface area contributed by atoms with E-state index in [1.807, 2.05) is 6.08 Å². The lowest BCUT2D eigenvalue weighted by Crippen LogP contribution is -2.37. The normalized spacial score (nSPS) is 17.2. The third-order valence-electron chi connectivity index (χ3n) is 6.69. The zero-order valence-corrected chi connectivity index (χ0v) is 22.0. The Morgan fingerprint density at radius 3 is 2.62 bits per heavy atom. The summed E-state index contributed by atoms with van der Waals surface area (Å²) in [5, 5.41) is 15.9. The average Bonchev–Trinajstić information content (AvgIpc) is 3.37. The van der Waals surface area contributed by atoms with E-state index in [1.165, 1.54) is 27.5 Å². The van der Waals surface area contributed by atoms with Crippen molar-refractivity contribution in [3.63, 3.8) is 0 Å². The summed E-state index contributed by atoms with van der Waals surface area (Å²) in [5.74, 6) is 1.17. The lowest BCUT2D eigenvalue weighted by molar-refractivity contribution is 0.0394. The van der Waals surface area contributed by atoms with E-state index in [4.69, 9.17) is 18.9 Å². The highest BCUT2D eigenvalue weighted by atomic mass is 16.5. The van der Waals surface area contributed by atoms with Crippen LogP contribution in [0.25, 0.3) is 6.08 Å². The Morgan fingerprint density at radius 2 is 1.95 bits per heavy atom. The third-order valence-corrected chi connectivity index (χ3v) is 6.69. The number of allylic oxidation sites excluding steroid dienone is 1. The number of aliphatic imine (C=N–C) groups is 2. The predicted octanol–water partition coefficient (Wildman–Crippen LogP) is 1.86. The van der Waals surface area contributed by atoms with E-state index >= 15 is 0 Å². The fourth-order valence-corrected chi connectivity index (χ4v) is 4.64. The molecule has 3 heterocycles. The second-order valence-corrected chi connectivity index (χ2v) is 8.96. The third kappa shape index (κ3) is 5.41. The van der Waals surface area contributed by atoms with Gasteiger partial charge in [-0.15, -0.1) is 0 Å². The Kier molecular flexibility index (Phi) is 7.72. The summed E-state index contributed by atoms with van der Waals surface area (Å²) in [5.41, 5.74) is 3.81. The molecule has 1 fully saturated rings. The second kappa shape index (κ2) is 11.5. The van der Waals surface area contributed by atoms with Crippen molar-refractivity contribution in [2.75, 3.05) is 66.0 Å². The number of hydrogen-bond donors (Lipinski definition) is 2. The van der Waals surface area contributed by atoms with Crippen molar-refractivity contribution in [2.24, 2.45) is 9.98 Å². The molecular weight excluding hydrogens is 502 g/mol. The number of nitrogens with one attached hydrogen (secondary N) is 2. The summed E-state index contributed by atoms with van der Waals surface area (Å²) in [6.45, 7) is 4.77. The van der Waals surface area contributed by atoms with Crippen molar-refractivity contribution in [1.82, 2.24) is 15.2 Å². The molecule has 1 aromatic heterocycles. The molecule has 0 radical (unpaired) electrons. The molecule has 5 rings (SSSR count). The zero-order valence-electron chi connectivity index (χ0n) is 22.0. The van der Waals surface area contributed by atoms with Crippen LogP contribution in [-0.2, 0) is 11.2 Å². The number of pyridine rings is 1. The maximum absolute atomic E-state index is 13.3. The van der Waals surface area contributed by atoms with Crippen LogP contribution in [0, 0.1) is 11.3 Å². The van der Waals surface area contributed by atoms with Gasteiger partial charge in [0.1, 0.15) is 6.07 Å². The molecule has 0 spiro atoms. The molecule has 1 saturated heterocycles. The molecule has 2 N–H and O–H groups in total. The van der Waals surface area contributed by atoms with Gasteiger partial charge in [-0.1, -0.05) is 0 Å². The molecule has 202 valence electrons. The molecule has 12 heteroatoms. The maximum atomic E-state index is 13.3. The smallest absolute Gasteiger partial charge is 0.255 e. The number of aromatic nitrogens is 1. The lowest BCUT2D eigenvalue weighted by Gasteiger charge is -2.25. The number of benzene rings is 1. The molecule has 1 amide bonds. The monoisotopic (exact) mass is 531 g/mol. The van der Waals surface area contributed by atoms with Gasteiger partial charge in [0, 0.05) is 43.4 Å². The van der Waals surface area contributed by atoms with Gasteiger partial charge in [0.2, 0.25) is 11.7 Å². The molecule has 1 aliphatic carbocycles. The summed E-state index contributed by atoms with van der Waals surface area (Å²) in [4.78, 5) is 29.4. The topological polar surface area (TPSA) is 143 Å². The van der Waals surface area contributed by atoms with Gasteiger partial charge in [-0.2, -0.15) is 5.26 Å². The highest BCUT2D eigenvalue weighted by Crippen LogP contribution is 2.39. The Hall–Kier alpha value is -4.47. The minimum absolute atomic E-state index is 0.240. The molecule has 2 aromatic rings. The van der Waals surface area contributed by atoms with E-state index in [-0.39, 0.29) is 11.1 Å².